The van der Waals surface area contributed by atoms with Gasteiger partial charge in [0.2, 0.25) is 0 Å². The van der Waals surface area contributed by atoms with Crippen LogP contribution in [-0.2, 0) is 4.74 Å². The summed E-state index contributed by atoms with van der Waals surface area (Å²) in [5.74, 6) is -2.55. The van der Waals surface area contributed by atoms with Gasteiger partial charge in [-0.3, -0.25) is 0 Å². The van der Waals surface area contributed by atoms with E-state index in [9.17, 15) is 13.6 Å². The van der Waals surface area contributed by atoms with Crippen LogP contribution in [0.3, 0.4) is 0 Å². The van der Waals surface area contributed by atoms with E-state index in [2.05, 4.69) is 10.1 Å². The molecule has 0 aromatic heterocycles. The first-order chi connectivity index (χ1) is 9.13. The lowest BCUT2D eigenvalue weighted by Gasteiger charge is -2.13. The summed E-state index contributed by atoms with van der Waals surface area (Å²) in [6.45, 7) is 0.633. The summed E-state index contributed by atoms with van der Waals surface area (Å²) in [4.78, 5) is 11.2. The number of anilines is 1. The zero-order chi connectivity index (χ0) is 13.8. The zero-order valence-corrected chi connectivity index (χ0v) is 10.8. The molecule has 1 aromatic rings. The van der Waals surface area contributed by atoms with E-state index in [1.54, 1.807) is 0 Å². The Kier molecular flexibility index (Phi) is 4.35. The number of hydrogen-bond donors (Lipinski definition) is 1. The number of carbonyl (C=O) groups excluding carboxylic acids is 1. The number of rotatable bonds is 4. The zero-order valence-electron chi connectivity index (χ0n) is 10.8. The maximum atomic E-state index is 13.8. The molecule has 1 aliphatic carbocycles. The van der Waals surface area contributed by atoms with E-state index in [1.807, 2.05) is 0 Å². The fraction of sp³-hybridized carbons (Fsp3) is 0.500. The molecule has 1 N–H and O–H groups in total. The van der Waals surface area contributed by atoms with Crippen LogP contribution in [0, 0.1) is 17.6 Å². The van der Waals surface area contributed by atoms with Gasteiger partial charge < -0.3 is 10.1 Å². The normalized spacial score (nSPS) is 15.5. The number of halogens is 2. The maximum absolute atomic E-state index is 13.8. The monoisotopic (exact) mass is 269 g/mol. The van der Waals surface area contributed by atoms with Gasteiger partial charge in [-0.2, -0.15) is 0 Å². The second-order valence-electron chi connectivity index (χ2n) is 4.81. The van der Waals surface area contributed by atoms with Crippen molar-refractivity contribution in [2.45, 2.75) is 25.7 Å². The van der Waals surface area contributed by atoms with E-state index < -0.39 is 17.6 Å². The topological polar surface area (TPSA) is 38.3 Å². The Labute approximate surface area is 111 Å². The largest absolute Gasteiger partial charge is 0.465 e. The maximum Gasteiger partial charge on any atom is 0.340 e. The molecule has 0 saturated heterocycles. The molecule has 104 valence electrons. The highest BCUT2D eigenvalue weighted by molar-refractivity contribution is 5.90. The third-order valence-electron chi connectivity index (χ3n) is 3.54. The predicted octanol–water partition coefficient (Wildman–Crippen LogP) is 3.35. The summed E-state index contributed by atoms with van der Waals surface area (Å²) >= 11 is 0. The predicted molar refractivity (Wildman–Crippen MR) is 68.1 cm³/mol. The molecule has 3 nitrogen and oxygen atoms in total. The molecule has 1 fully saturated rings. The van der Waals surface area contributed by atoms with Crippen LogP contribution in [0.1, 0.15) is 36.0 Å². The highest BCUT2D eigenvalue weighted by atomic mass is 19.2. The van der Waals surface area contributed by atoms with Crippen LogP contribution in [-0.4, -0.2) is 19.6 Å². The second kappa shape index (κ2) is 5.99. The Morgan fingerprint density at radius 1 is 1.32 bits per heavy atom. The number of nitrogens with one attached hydrogen (secondary N) is 1. The van der Waals surface area contributed by atoms with Gasteiger partial charge in [0.05, 0.1) is 18.4 Å². The molecule has 1 saturated carbocycles. The molecule has 0 aliphatic heterocycles. The molecule has 1 aliphatic rings. The highest BCUT2D eigenvalue weighted by Gasteiger charge is 2.20. The van der Waals surface area contributed by atoms with Crippen molar-refractivity contribution in [3.05, 3.63) is 29.3 Å². The minimum atomic E-state index is -1.16. The minimum Gasteiger partial charge on any atom is -0.465 e. The third kappa shape index (κ3) is 3.03. The van der Waals surface area contributed by atoms with Crippen LogP contribution < -0.4 is 5.32 Å². The van der Waals surface area contributed by atoms with Crippen molar-refractivity contribution >= 4 is 11.7 Å². The number of methoxy groups -OCH3 is 1. The van der Waals surface area contributed by atoms with Gasteiger partial charge in [-0.25, -0.2) is 13.6 Å². The van der Waals surface area contributed by atoms with Crippen molar-refractivity contribution in [3.8, 4) is 0 Å². The van der Waals surface area contributed by atoms with E-state index in [-0.39, 0.29) is 11.3 Å². The molecule has 0 spiro atoms. The molecule has 0 radical (unpaired) electrons. The molecule has 5 heteroatoms. The lowest BCUT2D eigenvalue weighted by molar-refractivity contribution is 0.0594. The summed E-state index contributed by atoms with van der Waals surface area (Å²) in [5.41, 5.74) is -0.288. The molecule has 0 amide bonds. The van der Waals surface area contributed by atoms with Crippen molar-refractivity contribution in [2.24, 2.45) is 5.92 Å². The van der Waals surface area contributed by atoms with E-state index in [0.717, 1.165) is 20.0 Å². The van der Waals surface area contributed by atoms with Crippen molar-refractivity contribution in [1.29, 1.82) is 0 Å². The third-order valence-corrected chi connectivity index (χ3v) is 3.54. The van der Waals surface area contributed by atoms with Gasteiger partial charge >= 0.3 is 5.97 Å². The van der Waals surface area contributed by atoms with Gasteiger partial charge in [0.15, 0.2) is 11.6 Å². The highest BCUT2D eigenvalue weighted by Crippen LogP contribution is 2.26. The molecular weight excluding hydrogens is 252 g/mol. The van der Waals surface area contributed by atoms with E-state index in [1.165, 1.54) is 25.0 Å². The lowest BCUT2D eigenvalue weighted by atomic mass is 10.1. The van der Waals surface area contributed by atoms with Gasteiger partial charge in [-0.1, -0.05) is 12.8 Å². The average Bonchev–Trinajstić information content (AvgIpc) is 2.93. The minimum absolute atomic E-state index is 0.0945. The molecular formula is C14H17F2NO2. The van der Waals surface area contributed by atoms with Crippen molar-refractivity contribution in [1.82, 2.24) is 0 Å². The smallest absolute Gasteiger partial charge is 0.340 e. The number of hydrogen-bond acceptors (Lipinski definition) is 3. The molecule has 1 aromatic carbocycles. The van der Waals surface area contributed by atoms with Gasteiger partial charge in [-0.05, 0) is 30.9 Å². The van der Waals surface area contributed by atoms with Crippen LogP contribution >= 0.6 is 0 Å². The molecule has 2 rings (SSSR count). The first kappa shape index (κ1) is 13.8. The Morgan fingerprint density at radius 2 is 2.00 bits per heavy atom. The van der Waals surface area contributed by atoms with Crippen LogP contribution in [0.15, 0.2) is 12.1 Å². The lowest BCUT2D eigenvalue weighted by Crippen LogP contribution is -2.14. The first-order valence-corrected chi connectivity index (χ1v) is 6.43. The van der Waals surface area contributed by atoms with E-state index >= 15 is 0 Å². The standard InChI is InChI=1S/C14H17F2NO2/c1-19-14(18)10-6-7-11(13(16)12(10)15)17-8-9-4-2-3-5-9/h6-7,9,17H,2-5,8H2,1H3. The fourth-order valence-electron chi connectivity index (χ4n) is 2.42. The first-order valence-electron chi connectivity index (χ1n) is 6.43. The Hall–Kier alpha value is -1.65. The van der Waals surface area contributed by atoms with Crippen LogP contribution in [0.25, 0.3) is 0 Å². The van der Waals surface area contributed by atoms with Gasteiger partial charge in [0, 0.05) is 6.54 Å². The Balaban J connectivity index is 2.09. The van der Waals surface area contributed by atoms with E-state index in [0.29, 0.717) is 12.5 Å². The van der Waals surface area contributed by atoms with Gasteiger partial charge in [-0.15, -0.1) is 0 Å². The summed E-state index contributed by atoms with van der Waals surface area (Å²) in [5, 5.41) is 2.91. The summed E-state index contributed by atoms with van der Waals surface area (Å²) < 4.78 is 31.9. The Morgan fingerprint density at radius 3 is 2.63 bits per heavy atom. The number of benzene rings is 1. The summed E-state index contributed by atoms with van der Waals surface area (Å²) in [6.07, 6.45) is 4.64. The van der Waals surface area contributed by atoms with Crippen molar-refractivity contribution in [3.63, 3.8) is 0 Å². The Bertz CT molecular complexity index is 471. The fourth-order valence-corrected chi connectivity index (χ4v) is 2.42. The van der Waals surface area contributed by atoms with Crippen molar-refractivity contribution in [2.75, 3.05) is 19.0 Å². The molecule has 0 unspecified atom stereocenters. The SMILES string of the molecule is COC(=O)c1ccc(NCC2CCCC2)c(F)c1F. The van der Waals surface area contributed by atoms with Crippen molar-refractivity contribution < 1.29 is 18.3 Å². The van der Waals surface area contributed by atoms with Crippen LogP contribution in [0.5, 0.6) is 0 Å². The van der Waals surface area contributed by atoms with E-state index in [4.69, 9.17) is 0 Å². The average molecular weight is 269 g/mol. The molecule has 0 atom stereocenters. The quantitative estimate of drug-likeness (QED) is 0.852. The van der Waals surface area contributed by atoms with Gasteiger partial charge in [0.1, 0.15) is 0 Å². The number of esters is 1. The molecule has 19 heavy (non-hydrogen) atoms. The number of ether oxygens (including phenoxy) is 1. The summed E-state index contributed by atoms with van der Waals surface area (Å²) in [6, 6.07) is 2.61. The van der Waals surface area contributed by atoms with Crippen LogP contribution in [0.4, 0.5) is 14.5 Å². The molecule has 0 heterocycles. The number of carbonyl (C=O) groups is 1. The summed E-state index contributed by atoms with van der Waals surface area (Å²) in [7, 11) is 1.13. The van der Waals surface area contributed by atoms with Gasteiger partial charge in [0.25, 0.3) is 0 Å². The van der Waals surface area contributed by atoms with Crippen LogP contribution in [0.2, 0.25) is 0 Å². The molecule has 0 bridgehead atoms. The second-order valence-corrected chi connectivity index (χ2v) is 4.81.